The predicted molar refractivity (Wildman–Crippen MR) is 58.0 cm³/mol. The van der Waals surface area contributed by atoms with Gasteiger partial charge in [0.1, 0.15) is 5.78 Å². The Balaban J connectivity index is 2.36. The monoisotopic (exact) mass is 192 g/mol. The number of carbonyl (C=O) groups is 1. The highest BCUT2D eigenvalue weighted by Gasteiger charge is 2.50. The summed E-state index contributed by atoms with van der Waals surface area (Å²) in [6.45, 7) is 4.45. The molecule has 0 heterocycles. The molecular weight excluding hydrogens is 172 g/mol. The quantitative estimate of drug-likeness (QED) is 0.582. The predicted octanol–water partition coefficient (Wildman–Crippen LogP) is 3.35. The van der Waals surface area contributed by atoms with Crippen molar-refractivity contribution in [2.75, 3.05) is 0 Å². The van der Waals surface area contributed by atoms with Gasteiger partial charge in [-0.05, 0) is 31.1 Å². The maximum absolute atomic E-state index is 12.1. The lowest BCUT2D eigenvalue weighted by Crippen LogP contribution is -2.41. The Morgan fingerprint density at radius 1 is 1.57 bits per heavy atom. The van der Waals surface area contributed by atoms with Crippen LogP contribution in [0.1, 0.15) is 46.0 Å². The molecule has 1 heteroatoms. The highest BCUT2D eigenvalue weighted by molar-refractivity contribution is 5.87. The van der Waals surface area contributed by atoms with E-state index in [1.165, 1.54) is 0 Å². The van der Waals surface area contributed by atoms with Gasteiger partial charge in [0, 0.05) is 11.8 Å². The minimum atomic E-state index is 0.0312. The zero-order valence-corrected chi connectivity index (χ0v) is 9.25. The van der Waals surface area contributed by atoms with E-state index in [0.29, 0.717) is 17.6 Å². The molecule has 0 N–H and O–H groups in total. The molecule has 14 heavy (non-hydrogen) atoms. The summed E-state index contributed by atoms with van der Waals surface area (Å²) in [6.07, 6.45) is 9.89. The van der Waals surface area contributed by atoms with Crippen LogP contribution in [0.4, 0.5) is 0 Å². The fraction of sp³-hybridized carbons (Fsp3) is 0.769. The van der Waals surface area contributed by atoms with E-state index < -0.39 is 0 Å². The van der Waals surface area contributed by atoms with E-state index in [1.807, 2.05) is 0 Å². The van der Waals surface area contributed by atoms with Gasteiger partial charge < -0.3 is 0 Å². The summed E-state index contributed by atoms with van der Waals surface area (Å²) in [5.74, 6) is 1.62. The summed E-state index contributed by atoms with van der Waals surface area (Å²) in [5.41, 5.74) is 0.0312. The van der Waals surface area contributed by atoms with E-state index in [2.05, 4.69) is 26.0 Å². The van der Waals surface area contributed by atoms with Crippen molar-refractivity contribution in [2.45, 2.75) is 46.0 Å². The lowest BCUT2D eigenvalue weighted by Gasteiger charge is -2.42. The van der Waals surface area contributed by atoms with Crippen molar-refractivity contribution >= 4 is 5.78 Å². The van der Waals surface area contributed by atoms with Crippen molar-refractivity contribution in [3.63, 3.8) is 0 Å². The van der Waals surface area contributed by atoms with Gasteiger partial charge in [-0.15, -0.1) is 0 Å². The minimum absolute atomic E-state index is 0.0312. The zero-order valence-electron chi connectivity index (χ0n) is 9.25. The standard InChI is InChI=1S/C13H20O/c1-3-11-7-4-6-10(2)13(11)9-5-8-12(13)14/h4,6,10-11H,3,5,7-9H2,1-2H3/t10-,11-,13?/m1/s1. The van der Waals surface area contributed by atoms with Crippen molar-refractivity contribution < 1.29 is 4.79 Å². The first-order chi connectivity index (χ1) is 6.71. The second-order valence-corrected chi connectivity index (χ2v) is 4.87. The summed E-state index contributed by atoms with van der Waals surface area (Å²) in [4.78, 5) is 12.1. The first kappa shape index (κ1) is 9.95. The Kier molecular flexibility index (Phi) is 2.50. The van der Waals surface area contributed by atoms with Gasteiger partial charge in [0.05, 0.1) is 0 Å². The molecule has 1 saturated carbocycles. The van der Waals surface area contributed by atoms with Gasteiger partial charge in [0.15, 0.2) is 0 Å². The van der Waals surface area contributed by atoms with Crippen LogP contribution in [0.25, 0.3) is 0 Å². The molecule has 0 aliphatic heterocycles. The van der Waals surface area contributed by atoms with Crippen LogP contribution in [-0.2, 0) is 4.79 Å². The van der Waals surface area contributed by atoms with Crippen molar-refractivity contribution in [3.8, 4) is 0 Å². The normalized spacial score (nSPS) is 42.3. The average Bonchev–Trinajstić information content (AvgIpc) is 2.55. The van der Waals surface area contributed by atoms with Crippen LogP contribution < -0.4 is 0 Å². The summed E-state index contributed by atoms with van der Waals surface area (Å²) >= 11 is 0. The van der Waals surface area contributed by atoms with Crippen molar-refractivity contribution in [3.05, 3.63) is 12.2 Å². The van der Waals surface area contributed by atoms with Crippen molar-refractivity contribution in [1.29, 1.82) is 0 Å². The molecular formula is C13H20O. The fourth-order valence-electron chi connectivity index (χ4n) is 3.56. The molecule has 0 aromatic carbocycles. The number of hydrogen-bond donors (Lipinski definition) is 0. The zero-order chi connectivity index (χ0) is 10.2. The van der Waals surface area contributed by atoms with Crippen LogP contribution in [0.15, 0.2) is 12.2 Å². The molecule has 1 fully saturated rings. The number of carbonyl (C=O) groups excluding carboxylic acids is 1. The van der Waals surface area contributed by atoms with E-state index in [4.69, 9.17) is 0 Å². The molecule has 0 aromatic rings. The number of hydrogen-bond acceptors (Lipinski definition) is 1. The van der Waals surface area contributed by atoms with Gasteiger partial charge in [0.25, 0.3) is 0 Å². The van der Waals surface area contributed by atoms with Gasteiger partial charge in [-0.2, -0.15) is 0 Å². The molecule has 0 aromatic heterocycles. The molecule has 1 nitrogen and oxygen atoms in total. The molecule has 3 atom stereocenters. The highest BCUT2D eigenvalue weighted by atomic mass is 16.1. The van der Waals surface area contributed by atoms with Gasteiger partial charge >= 0.3 is 0 Å². The molecule has 1 unspecified atom stereocenters. The summed E-state index contributed by atoms with van der Waals surface area (Å²) in [7, 11) is 0. The Morgan fingerprint density at radius 2 is 2.36 bits per heavy atom. The minimum Gasteiger partial charge on any atom is -0.299 e. The Bertz CT molecular complexity index is 266. The molecule has 78 valence electrons. The third kappa shape index (κ3) is 1.18. The highest BCUT2D eigenvalue weighted by Crippen LogP contribution is 2.52. The van der Waals surface area contributed by atoms with Crippen LogP contribution in [0.5, 0.6) is 0 Å². The van der Waals surface area contributed by atoms with Crippen LogP contribution in [-0.4, -0.2) is 5.78 Å². The molecule has 0 radical (unpaired) electrons. The molecule has 2 rings (SSSR count). The topological polar surface area (TPSA) is 17.1 Å². The Labute approximate surface area is 86.6 Å². The van der Waals surface area contributed by atoms with Crippen molar-refractivity contribution in [1.82, 2.24) is 0 Å². The van der Waals surface area contributed by atoms with E-state index in [9.17, 15) is 4.79 Å². The third-order valence-corrected chi connectivity index (χ3v) is 4.39. The lowest BCUT2D eigenvalue weighted by atomic mass is 9.61. The molecule has 1 spiro atoms. The number of rotatable bonds is 1. The second-order valence-electron chi connectivity index (χ2n) is 4.87. The smallest absolute Gasteiger partial charge is 0.139 e. The molecule has 0 bridgehead atoms. The third-order valence-electron chi connectivity index (χ3n) is 4.39. The summed E-state index contributed by atoms with van der Waals surface area (Å²) in [5, 5.41) is 0. The average molecular weight is 192 g/mol. The van der Waals surface area contributed by atoms with Crippen LogP contribution in [0, 0.1) is 17.3 Å². The lowest BCUT2D eigenvalue weighted by molar-refractivity contribution is -0.131. The number of Topliss-reactive ketones (excluding diaryl/α,β-unsaturated/α-hetero) is 1. The SMILES string of the molecule is CC[C@@H]1CC=C[C@@H](C)C12CCCC2=O. The largest absolute Gasteiger partial charge is 0.299 e. The molecule has 2 aliphatic rings. The molecule has 0 amide bonds. The van der Waals surface area contributed by atoms with Gasteiger partial charge in [-0.1, -0.05) is 32.4 Å². The van der Waals surface area contributed by atoms with Crippen LogP contribution >= 0.6 is 0 Å². The van der Waals surface area contributed by atoms with Gasteiger partial charge in [-0.3, -0.25) is 4.79 Å². The second kappa shape index (κ2) is 3.52. The first-order valence-corrected chi connectivity index (χ1v) is 5.91. The van der Waals surface area contributed by atoms with Crippen LogP contribution in [0.3, 0.4) is 0 Å². The maximum atomic E-state index is 12.1. The van der Waals surface area contributed by atoms with E-state index >= 15 is 0 Å². The van der Waals surface area contributed by atoms with Gasteiger partial charge in [0.2, 0.25) is 0 Å². The first-order valence-electron chi connectivity index (χ1n) is 5.91. The summed E-state index contributed by atoms with van der Waals surface area (Å²) < 4.78 is 0. The van der Waals surface area contributed by atoms with E-state index in [0.717, 1.165) is 32.1 Å². The van der Waals surface area contributed by atoms with E-state index in [-0.39, 0.29) is 5.41 Å². The van der Waals surface area contributed by atoms with Crippen molar-refractivity contribution in [2.24, 2.45) is 17.3 Å². The number of ketones is 1. The maximum Gasteiger partial charge on any atom is 0.139 e. The molecule has 0 saturated heterocycles. The Hall–Kier alpha value is -0.590. The fourth-order valence-corrected chi connectivity index (χ4v) is 3.56. The summed E-state index contributed by atoms with van der Waals surface area (Å²) in [6, 6.07) is 0. The Morgan fingerprint density at radius 3 is 2.93 bits per heavy atom. The number of allylic oxidation sites excluding steroid dienone is 2. The van der Waals surface area contributed by atoms with Crippen LogP contribution in [0.2, 0.25) is 0 Å². The van der Waals surface area contributed by atoms with E-state index in [1.54, 1.807) is 0 Å². The van der Waals surface area contributed by atoms with Gasteiger partial charge in [-0.25, -0.2) is 0 Å². The molecule has 2 aliphatic carbocycles.